The highest BCUT2D eigenvalue weighted by molar-refractivity contribution is 7.99. The van der Waals surface area contributed by atoms with Crippen molar-refractivity contribution in [1.29, 1.82) is 0 Å². The maximum absolute atomic E-state index is 13.1. The predicted molar refractivity (Wildman–Crippen MR) is 309 cm³/mol. The second-order valence-corrected chi connectivity index (χ2v) is 22.1. The molecule has 0 aliphatic carbocycles. The summed E-state index contributed by atoms with van der Waals surface area (Å²) in [6.07, 6.45) is 24.5. The quantitative estimate of drug-likeness (QED) is 0.0208. The molecular formula is C57H103N7O16S. The lowest BCUT2D eigenvalue weighted by Gasteiger charge is -2.26. The smallest absolute Gasteiger partial charge is 0.328 e. The molecule has 0 radical (unpaired) electrons. The molecule has 6 amide bonds. The van der Waals surface area contributed by atoms with Gasteiger partial charge in [-0.3, -0.25) is 43.2 Å². The Kier molecular flexibility index (Phi) is 46.4. The van der Waals surface area contributed by atoms with E-state index in [-0.39, 0.29) is 49.3 Å². The van der Waals surface area contributed by atoms with Gasteiger partial charge in [0.2, 0.25) is 29.5 Å². The van der Waals surface area contributed by atoms with Gasteiger partial charge in [-0.25, -0.2) is 4.79 Å². The van der Waals surface area contributed by atoms with Gasteiger partial charge in [-0.2, -0.15) is 11.8 Å². The number of nitrogens with two attached hydrogens (primary N) is 1. The fourth-order valence-electron chi connectivity index (χ4n) is 8.48. The highest BCUT2D eigenvalue weighted by atomic mass is 32.2. The summed E-state index contributed by atoms with van der Waals surface area (Å²) in [5.74, 6) is -9.03. The number of aliphatic hydroxyl groups excluding tert-OH is 2. The molecule has 7 atom stereocenters. The van der Waals surface area contributed by atoms with Gasteiger partial charge in [-0.05, 0) is 33.1 Å². The molecule has 0 aliphatic heterocycles. The average Bonchev–Trinajstić information content (AvgIpc) is 3.43. The molecule has 0 bridgehead atoms. The van der Waals surface area contributed by atoms with Crippen molar-refractivity contribution in [1.82, 2.24) is 31.9 Å². The maximum atomic E-state index is 13.1. The SMILES string of the molecule is CCCCCCCCCCCCCCCC(=O)OC[C@@H](CSCCC(=O)N[C@@H](N)C(=O)NCC(=O)NCC(=O)NC(CCC(=O)O)C(=O)N[C@H](C(=O)N[C@H](C(=O)O)[C@@H](C)O)[C@@H](C)O)OC(=O)CCCCCCCCCCCCCCC. The molecule has 0 rings (SSSR count). The summed E-state index contributed by atoms with van der Waals surface area (Å²) in [4.78, 5) is 125. The van der Waals surface area contributed by atoms with Crippen LogP contribution in [-0.2, 0) is 57.4 Å². The number of rotatable bonds is 53. The fraction of sp³-hybridized carbons (Fsp3) is 0.825. The fourth-order valence-corrected chi connectivity index (χ4v) is 9.40. The first-order chi connectivity index (χ1) is 38.7. The molecule has 12 N–H and O–H groups in total. The zero-order valence-electron chi connectivity index (χ0n) is 49.2. The molecule has 0 saturated heterocycles. The molecule has 23 nitrogen and oxygen atoms in total. The van der Waals surface area contributed by atoms with Crippen molar-refractivity contribution < 1.29 is 77.8 Å². The number of carbonyl (C=O) groups is 10. The first-order valence-electron chi connectivity index (χ1n) is 29.9. The molecule has 0 aromatic carbocycles. The maximum Gasteiger partial charge on any atom is 0.328 e. The average molecular weight is 1170 g/mol. The van der Waals surface area contributed by atoms with E-state index in [4.69, 9.17) is 15.2 Å². The van der Waals surface area contributed by atoms with Crippen LogP contribution in [0, 0.1) is 0 Å². The van der Waals surface area contributed by atoms with E-state index in [1.165, 1.54) is 127 Å². The van der Waals surface area contributed by atoms with Crippen LogP contribution in [0.3, 0.4) is 0 Å². The minimum Gasteiger partial charge on any atom is -0.481 e. The van der Waals surface area contributed by atoms with Gasteiger partial charge in [0.15, 0.2) is 12.2 Å². The first-order valence-corrected chi connectivity index (χ1v) is 31.1. The monoisotopic (exact) mass is 1170 g/mol. The molecule has 0 aromatic rings. The molecule has 0 heterocycles. The lowest BCUT2D eigenvalue weighted by atomic mass is 10.0. The number of unbranched alkanes of at least 4 members (excludes halogenated alkanes) is 24. The lowest BCUT2D eigenvalue weighted by Crippen LogP contribution is -2.60. The van der Waals surface area contributed by atoms with Crippen molar-refractivity contribution in [3.63, 3.8) is 0 Å². The Bertz CT molecular complexity index is 1810. The van der Waals surface area contributed by atoms with Gasteiger partial charge in [0.05, 0.1) is 25.3 Å². The van der Waals surface area contributed by atoms with E-state index in [0.29, 0.717) is 12.8 Å². The number of carboxylic acids is 2. The summed E-state index contributed by atoms with van der Waals surface area (Å²) >= 11 is 1.29. The number of hydrogen-bond donors (Lipinski definition) is 11. The Morgan fingerprint density at radius 1 is 0.481 bits per heavy atom. The summed E-state index contributed by atoms with van der Waals surface area (Å²) < 4.78 is 11.3. The Balaban J connectivity index is 5.04. The van der Waals surface area contributed by atoms with Gasteiger partial charge >= 0.3 is 23.9 Å². The molecule has 0 spiro atoms. The highest BCUT2D eigenvalue weighted by Crippen LogP contribution is 2.17. The van der Waals surface area contributed by atoms with Gasteiger partial charge in [-0.1, -0.05) is 168 Å². The van der Waals surface area contributed by atoms with Crippen molar-refractivity contribution in [2.24, 2.45) is 5.73 Å². The Hall–Kier alpha value is -5.07. The van der Waals surface area contributed by atoms with E-state index in [2.05, 4.69) is 40.4 Å². The third-order valence-corrected chi connectivity index (χ3v) is 14.5. The van der Waals surface area contributed by atoms with E-state index in [0.717, 1.165) is 52.4 Å². The van der Waals surface area contributed by atoms with Gasteiger partial charge in [0.1, 0.15) is 24.8 Å². The van der Waals surface area contributed by atoms with Crippen molar-refractivity contribution >= 4 is 71.1 Å². The molecule has 0 aromatic heterocycles. The lowest BCUT2D eigenvalue weighted by molar-refractivity contribution is -0.157. The number of hydrogen-bond acceptors (Lipinski definition) is 16. The number of amides is 6. The van der Waals surface area contributed by atoms with Crippen LogP contribution in [0.1, 0.15) is 227 Å². The molecule has 0 aliphatic rings. The summed E-state index contributed by atoms with van der Waals surface area (Å²) in [6, 6.07) is -5.23. The summed E-state index contributed by atoms with van der Waals surface area (Å²) in [7, 11) is 0. The molecule has 81 heavy (non-hydrogen) atoms. The van der Waals surface area contributed by atoms with Crippen molar-refractivity contribution in [3.05, 3.63) is 0 Å². The summed E-state index contributed by atoms with van der Waals surface area (Å²) in [5, 5.41) is 51.3. The second-order valence-electron chi connectivity index (χ2n) is 21.0. The molecule has 0 saturated carbocycles. The van der Waals surface area contributed by atoms with Crippen LogP contribution < -0.4 is 37.6 Å². The predicted octanol–water partition coefficient (Wildman–Crippen LogP) is 5.33. The van der Waals surface area contributed by atoms with E-state index in [9.17, 15) is 68.4 Å². The zero-order valence-corrected chi connectivity index (χ0v) is 50.0. The van der Waals surface area contributed by atoms with E-state index < -0.39 is 116 Å². The van der Waals surface area contributed by atoms with Gasteiger partial charge in [0.25, 0.3) is 5.91 Å². The van der Waals surface area contributed by atoms with Crippen molar-refractivity contribution in [2.45, 2.75) is 269 Å². The molecule has 1 unspecified atom stereocenters. The number of aliphatic carboxylic acids is 2. The standard InChI is InChI=1S/C57H103N7O16S/c1-5-7-9-11-13-15-17-19-21-23-25-27-29-31-49(72)79-39-43(80-50(73)32-30-28-26-24-22-20-18-16-14-12-10-8-6-2)40-81-36-35-45(67)62-53(58)56(76)60-37-46(68)59-38-47(69)61-44(33-34-48(70)71)54(74)63-51(41(3)65)55(75)64-52(42(4)66)57(77)78/h41-44,51-53,65-66H,5-40,58H2,1-4H3,(H,59,68)(H,60,76)(H,61,69)(H,62,67)(H,63,74)(H,64,75)(H,70,71)(H,77,78)/t41-,42-,43+,44?,51+,52+,53-/m1/s1. The van der Waals surface area contributed by atoms with Crippen LogP contribution >= 0.6 is 11.8 Å². The van der Waals surface area contributed by atoms with Crippen LogP contribution in [0.15, 0.2) is 0 Å². The van der Waals surface area contributed by atoms with E-state index in [1.807, 2.05) is 5.32 Å². The highest BCUT2D eigenvalue weighted by Gasteiger charge is 2.34. The summed E-state index contributed by atoms with van der Waals surface area (Å²) in [6.45, 7) is 5.03. The van der Waals surface area contributed by atoms with Crippen LogP contribution in [0.5, 0.6) is 0 Å². The first kappa shape index (κ1) is 75.9. The van der Waals surface area contributed by atoms with Gasteiger partial charge < -0.3 is 67.5 Å². The van der Waals surface area contributed by atoms with Crippen LogP contribution in [0.2, 0.25) is 0 Å². The van der Waals surface area contributed by atoms with E-state index >= 15 is 0 Å². The van der Waals surface area contributed by atoms with Gasteiger partial charge in [0, 0.05) is 37.2 Å². The van der Waals surface area contributed by atoms with Crippen LogP contribution in [0.25, 0.3) is 0 Å². The number of thioether (sulfide) groups is 1. The summed E-state index contributed by atoms with van der Waals surface area (Å²) in [5.41, 5.74) is 5.85. The third kappa shape index (κ3) is 43.3. The van der Waals surface area contributed by atoms with Crippen LogP contribution in [-0.4, -0.2) is 154 Å². The topological polar surface area (TPSA) is 368 Å². The minimum atomic E-state index is -1.81. The normalized spacial score (nSPS) is 13.7. The Labute approximate surface area is 485 Å². The van der Waals surface area contributed by atoms with Gasteiger partial charge in [-0.15, -0.1) is 0 Å². The van der Waals surface area contributed by atoms with Crippen molar-refractivity contribution in [2.75, 3.05) is 31.2 Å². The number of carboxylic acid groups (broad SMARTS) is 2. The Morgan fingerprint density at radius 2 is 0.926 bits per heavy atom. The number of ether oxygens (including phenoxy) is 2. The second kappa shape index (κ2) is 49.5. The van der Waals surface area contributed by atoms with Crippen LogP contribution in [0.4, 0.5) is 0 Å². The minimum absolute atomic E-state index is 0.0910. The van der Waals surface area contributed by atoms with E-state index in [1.54, 1.807) is 0 Å². The molecule has 0 fully saturated rings. The largest absolute Gasteiger partial charge is 0.481 e. The number of carbonyl (C=O) groups excluding carboxylic acids is 8. The molecular weight excluding hydrogens is 1070 g/mol. The Morgan fingerprint density at radius 3 is 1.38 bits per heavy atom. The zero-order chi connectivity index (χ0) is 60.6. The number of nitrogens with one attached hydrogen (secondary N) is 6. The number of esters is 2. The third-order valence-electron chi connectivity index (χ3n) is 13.4. The molecule has 468 valence electrons. The van der Waals surface area contributed by atoms with Crippen molar-refractivity contribution in [3.8, 4) is 0 Å². The number of aliphatic hydroxyl groups is 2. The molecule has 24 heteroatoms.